The summed E-state index contributed by atoms with van der Waals surface area (Å²) in [5.74, 6) is -0.571. The van der Waals surface area contributed by atoms with Crippen LogP contribution < -0.4 is 5.73 Å². The van der Waals surface area contributed by atoms with E-state index in [2.05, 4.69) is 6.58 Å². The molecule has 0 saturated heterocycles. The molecule has 10 heavy (non-hydrogen) atoms. The fourth-order valence-corrected chi connectivity index (χ4v) is 0.331. The lowest BCUT2D eigenvalue weighted by atomic mass is 10.3. The second kappa shape index (κ2) is 4.96. The first kappa shape index (κ1) is 9.13. The van der Waals surface area contributed by atoms with Crippen LogP contribution >= 0.6 is 0 Å². The first-order valence-corrected chi connectivity index (χ1v) is 2.84. The zero-order valence-electron chi connectivity index (χ0n) is 5.67. The van der Waals surface area contributed by atoms with Gasteiger partial charge in [-0.25, -0.2) is 0 Å². The molecule has 4 heteroatoms. The summed E-state index contributed by atoms with van der Waals surface area (Å²) in [7, 11) is 0. The van der Waals surface area contributed by atoms with Gasteiger partial charge < -0.3 is 15.6 Å². The van der Waals surface area contributed by atoms with Crippen molar-refractivity contribution in [2.45, 2.75) is 0 Å². The molecule has 0 spiro atoms. The summed E-state index contributed by atoms with van der Waals surface area (Å²) in [4.78, 5) is 10.3. The van der Waals surface area contributed by atoms with Crippen LogP contribution in [0, 0.1) is 0 Å². The van der Waals surface area contributed by atoms with E-state index in [-0.39, 0.29) is 25.4 Å². The zero-order chi connectivity index (χ0) is 7.98. The maximum atomic E-state index is 10.3. The zero-order valence-corrected chi connectivity index (χ0v) is 5.67. The van der Waals surface area contributed by atoms with Gasteiger partial charge >= 0.3 is 0 Å². The largest absolute Gasteiger partial charge is 0.394 e. The molecule has 1 amide bonds. The topological polar surface area (TPSA) is 72.6 Å². The Morgan fingerprint density at radius 3 is 2.70 bits per heavy atom. The number of nitrogens with two attached hydrogens (primary N) is 1. The Kier molecular flexibility index (Phi) is 4.53. The molecule has 0 saturated carbocycles. The Bertz CT molecular complexity index is 133. The maximum Gasteiger partial charge on any atom is 0.246 e. The molecular formula is C6H11NO3. The minimum Gasteiger partial charge on any atom is -0.394 e. The lowest BCUT2D eigenvalue weighted by Crippen LogP contribution is -2.17. The van der Waals surface area contributed by atoms with Crippen LogP contribution in [0.2, 0.25) is 0 Å². The lowest BCUT2D eigenvalue weighted by Gasteiger charge is -2.00. The molecule has 0 fully saturated rings. The first-order valence-electron chi connectivity index (χ1n) is 2.84. The molecule has 0 radical (unpaired) electrons. The third-order valence-electron chi connectivity index (χ3n) is 0.860. The summed E-state index contributed by atoms with van der Waals surface area (Å²) in [6, 6.07) is 0. The van der Waals surface area contributed by atoms with Crippen molar-refractivity contribution in [3.05, 3.63) is 12.2 Å². The molecule has 0 rings (SSSR count). The Morgan fingerprint density at radius 1 is 1.70 bits per heavy atom. The van der Waals surface area contributed by atoms with Gasteiger partial charge in [0.05, 0.1) is 19.8 Å². The number of aliphatic hydroxyl groups is 1. The van der Waals surface area contributed by atoms with Gasteiger partial charge in [-0.15, -0.1) is 0 Å². The minimum absolute atomic E-state index is 0.0635. The van der Waals surface area contributed by atoms with E-state index in [1.54, 1.807) is 0 Å². The van der Waals surface area contributed by atoms with Gasteiger partial charge in [0.2, 0.25) is 5.91 Å². The number of amides is 1. The molecule has 58 valence electrons. The van der Waals surface area contributed by atoms with Crippen LogP contribution in [0.3, 0.4) is 0 Å². The highest BCUT2D eigenvalue weighted by atomic mass is 16.5. The molecule has 0 aromatic rings. The molecular weight excluding hydrogens is 134 g/mol. The van der Waals surface area contributed by atoms with E-state index in [0.29, 0.717) is 0 Å². The molecule has 0 aliphatic rings. The van der Waals surface area contributed by atoms with Crippen LogP contribution in [0.15, 0.2) is 12.2 Å². The highest BCUT2D eigenvalue weighted by Gasteiger charge is 1.99. The highest BCUT2D eigenvalue weighted by molar-refractivity contribution is 5.91. The predicted molar refractivity (Wildman–Crippen MR) is 36.2 cm³/mol. The van der Waals surface area contributed by atoms with E-state index < -0.39 is 5.91 Å². The molecule has 0 aliphatic carbocycles. The van der Waals surface area contributed by atoms with Crippen molar-refractivity contribution in [1.82, 2.24) is 0 Å². The predicted octanol–water partition coefficient (Wildman–Crippen LogP) is -0.963. The number of carbonyl (C=O) groups excluding carboxylic acids is 1. The van der Waals surface area contributed by atoms with Gasteiger partial charge in [-0.1, -0.05) is 6.58 Å². The van der Waals surface area contributed by atoms with Crippen molar-refractivity contribution < 1.29 is 14.6 Å². The maximum absolute atomic E-state index is 10.3. The normalized spacial score (nSPS) is 9.30. The molecule has 0 heterocycles. The molecule has 0 aromatic carbocycles. The van der Waals surface area contributed by atoms with Crippen molar-refractivity contribution in [3.63, 3.8) is 0 Å². The van der Waals surface area contributed by atoms with Crippen molar-refractivity contribution in [1.29, 1.82) is 0 Å². The average molecular weight is 145 g/mol. The Balaban J connectivity index is 3.31. The second-order valence-corrected chi connectivity index (χ2v) is 1.74. The van der Waals surface area contributed by atoms with E-state index >= 15 is 0 Å². The third-order valence-corrected chi connectivity index (χ3v) is 0.860. The van der Waals surface area contributed by atoms with Crippen LogP contribution in [-0.2, 0) is 9.53 Å². The number of carbonyl (C=O) groups is 1. The number of ether oxygens (including phenoxy) is 1. The van der Waals surface area contributed by atoms with Gasteiger partial charge in [0.25, 0.3) is 0 Å². The Morgan fingerprint density at radius 2 is 2.30 bits per heavy atom. The van der Waals surface area contributed by atoms with Crippen molar-refractivity contribution in [2.75, 3.05) is 19.8 Å². The summed E-state index contributed by atoms with van der Waals surface area (Å²) in [5, 5.41) is 8.25. The molecule has 0 bridgehead atoms. The second-order valence-electron chi connectivity index (χ2n) is 1.74. The van der Waals surface area contributed by atoms with Gasteiger partial charge in [-0.2, -0.15) is 0 Å². The Hall–Kier alpha value is -0.870. The number of hydrogen-bond acceptors (Lipinski definition) is 3. The van der Waals surface area contributed by atoms with Crippen LogP contribution in [0.5, 0.6) is 0 Å². The molecule has 0 atom stereocenters. The van der Waals surface area contributed by atoms with E-state index in [1.807, 2.05) is 0 Å². The monoisotopic (exact) mass is 145 g/mol. The highest BCUT2D eigenvalue weighted by Crippen LogP contribution is 1.88. The van der Waals surface area contributed by atoms with Gasteiger partial charge in [0.15, 0.2) is 0 Å². The van der Waals surface area contributed by atoms with Crippen LogP contribution in [-0.4, -0.2) is 30.8 Å². The van der Waals surface area contributed by atoms with E-state index in [0.717, 1.165) is 0 Å². The molecule has 0 unspecified atom stereocenters. The summed E-state index contributed by atoms with van der Waals surface area (Å²) >= 11 is 0. The molecule has 0 aliphatic heterocycles. The van der Waals surface area contributed by atoms with Gasteiger partial charge in [-0.05, 0) is 0 Å². The number of primary amides is 1. The summed E-state index contributed by atoms with van der Waals surface area (Å²) in [5.41, 5.74) is 5.05. The van der Waals surface area contributed by atoms with Gasteiger partial charge in [0, 0.05) is 5.57 Å². The first-order chi connectivity index (χ1) is 4.68. The smallest absolute Gasteiger partial charge is 0.246 e. The van der Waals surface area contributed by atoms with Crippen molar-refractivity contribution in [3.8, 4) is 0 Å². The summed E-state index contributed by atoms with van der Waals surface area (Å²) in [6.45, 7) is 3.58. The van der Waals surface area contributed by atoms with E-state index in [1.165, 1.54) is 0 Å². The third kappa shape index (κ3) is 4.05. The molecule has 0 aromatic heterocycles. The number of rotatable bonds is 5. The molecule has 3 N–H and O–H groups in total. The SMILES string of the molecule is C=C(COCCO)C(N)=O. The quantitative estimate of drug-likeness (QED) is 0.386. The van der Waals surface area contributed by atoms with Gasteiger partial charge in [0.1, 0.15) is 0 Å². The van der Waals surface area contributed by atoms with Crippen LogP contribution in [0.1, 0.15) is 0 Å². The number of aliphatic hydroxyl groups excluding tert-OH is 1. The summed E-state index contributed by atoms with van der Waals surface area (Å²) < 4.78 is 4.76. The van der Waals surface area contributed by atoms with Crippen LogP contribution in [0.4, 0.5) is 0 Å². The summed E-state index contributed by atoms with van der Waals surface area (Å²) in [6.07, 6.45) is 0. The fraction of sp³-hybridized carbons (Fsp3) is 0.500. The molecule has 4 nitrogen and oxygen atoms in total. The van der Waals surface area contributed by atoms with Gasteiger partial charge in [-0.3, -0.25) is 4.79 Å². The number of hydrogen-bond donors (Lipinski definition) is 2. The Labute approximate surface area is 59.3 Å². The van der Waals surface area contributed by atoms with Crippen LogP contribution in [0.25, 0.3) is 0 Å². The van der Waals surface area contributed by atoms with E-state index in [9.17, 15) is 4.79 Å². The lowest BCUT2D eigenvalue weighted by molar-refractivity contribution is -0.115. The van der Waals surface area contributed by atoms with E-state index in [4.69, 9.17) is 15.6 Å². The van der Waals surface area contributed by atoms with Crippen molar-refractivity contribution in [2.24, 2.45) is 5.73 Å². The fourth-order valence-electron chi connectivity index (χ4n) is 0.331. The van der Waals surface area contributed by atoms with Crippen molar-refractivity contribution >= 4 is 5.91 Å². The standard InChI is InChI=1S/C6H11NO3/c1-5(6(7)9)4-10-3-2-8/h8H,1-4H2,(H2,7,9). The minimum atomic E-state index is -0.571. The average Bonchev–Trinajstić information content (AvgIpc) is 1.88.